The van der Waals surface area contributed by atoms with Crippen molar-refractivity contribution in [3.63, 3.8) is 0 Å². The van der Waals surface area contributed by atoms with Gasteiger partial charge in [0.15, 0.2) is 0 Å². The minimum atomic E-state index is -1.20. The van der Waals surface area contributed by atoms with Gasteiger partial charge in [-0.15, -0.1) is 0 Å². The second-order valence-electron chi connectivity index (χ2n) is 2.75. The van der Waals surface area contributed by atoms with Crippen LogP contribution in [-0.2, 0) is 0 Å². The Balaban J connectivity index is 3.33. The third-order valence-corrected chi connectivity index (χ3v) is 1.76. The zero-order valence-corrected chi connectivity index (χ0v) is 7.54. The van der Waals surface area contributed by atoms with Crippen molar-refractivity contribution in [3.05, 3.63) is 29.3 Å². The second-order valence-corrected chi connectivity index (χ2v) is 2.75. The average Bonchev–Trinajstić information content (AvgIpc) is 2.16. The molecule has 0 saturated heterocycles. The number of carboxylic acids is 1. The molecule has 1 rings (SSSR count). The number of benzene rings is 1. The van der Waals surface area contributed by atoms with Crippen molar-refractivity contribution < 1.29 is 19.9 Å². The summed E-state index contributed by atoms with van der Waals surface area (Å²) >= 11 is 0. The summed E-state index contributed by atoms with van der Waals surface area (Å²) in [6.07, 6.45) is 0. The first-order valence-electron chi connectivity index (χ1n) is 3.84. The first kappa shape index (κ1) is 11.0. The molecule has 0 fully saturated rings. The molecule has 0 aliphatic rings. The molecule has 15 heavy (non-hydrogen) atoms. The minimum absolute atomic E-state index is 0.0625. The molecule has 0 aliphatic carbocycles. The maximum absolute atomic E-state index is 10.9. The van der Waals surface area contributed by atoms with Crippen molar-refractivity contribution in [1.29, 1.82) is 0 Å². The monoisotopic (exact) mass is 211 g/mol. The lowest BCUT2D eigenvalue weighted by Crippen LogP contribution is -2.29. The topological polar surface area (TPSA) is 130 Å². The maximum atomic E-state index is 10.9. The van der Waals surface area contributed by atoms with Gasteiger partial charge in [0, 0.05) is 0 Å². The van der Waals surface area contributed by atoms with Gasteiger partial charge in [-0.2, -0.15) is 5.17 Å². The summed E-state index contributed by atoms with van der Waals surface area (Å²) in [4.78, 5) is 21.5. The molecule has 1 aromatic carbocycles. The van der Waals surface area contributed by atoms with E-state index >= 15 is 0 Å². The summed E-state index contributed by atoms with van der Waals surface area (Å²) in [6, 6.07) is 3.42. The molecule has 0 bridgehead atoms. The van der Waals surface area contributed by atoms with Crippen molar-refractivity contribution in [2.24, 2.45) is 11.6 Å². The van der Waals surface area contributed by atoms with Gasteiger partial charge in [0.2, 0.25) is 0 Å². The van der Waals surface area contributed by atoms with Crippen molar-refractivity contribution in [2.75, 3.05) is 5.17 Å². The van der Waals surface area contributed by atoms with Crippen molar-refractivity contribution in [2.45, 2.75) is 0 Å². The van der Waals surface area contributed by atoms with Crippen LogP contribution < -0.4 is 16.7 Å². The highest BCUT2D eigenvalue weighted by molar-refractivity contribution is 6.01. The lowest BCUT2D eigenvalue weighted by Gasteiger charge is -2.13. The molecule has 0 heterocycles. The molecule has 1 aromatic rings. The van der Waals surface area contributed by atoms with E-state index in [1.807, 2.05) is 0 Å². The zero-order valence-electron chi connectivity index (χ0n) is 7.54. The zero-order chi connectivity index (χ0) is 11.6. The number of amides is 1. The fourth-order valence-electron chi connectivity index (χ4n) is 1.07. The largest absolute Gasteiger partial charge is 0.478 e. The van der Waals surface area contributed by atoms with Gasteiger partial charge in [-0.25, -0.2) is 10.6 Å². The Morgan fingerprint density at radius 3 is 2.33 bits per heavy atom. The lowest BCUT2D eigenvalue weighted by atomic mass is 10.1. The van der Waals surface area contributed by atoms with Gasteiger partial charge in [-0.05, 0) is 18.2 Å². The van der Waals surface area contributed by atoms with Gasteiger partial charge in [-0.1, -0.05) is 0 Å². The van der Waals surface area contributed by atoms with Crippen LogP contribution in [0.4, 0.5) is 5.69 Å². The van der Waals surface area contributed by atoms with Crippen molar-refractivity contribution >= 4 is 17.6 Å². The van der Waals surface area contributed by atoms with Gasteiger partial charge in [0.05, 0.1) is 16.8 Å². The number of carbonyl (C=O) groups excluding carboxylic acids is 1. The molecule has 7 nitrogen and oxygen atoms in total. The quantitative estimate of drug-likeness (QED) is 0.396. The number of nitrogens with two attached hydrogens (primary N) is 2. The number of anilines is 1. The molecule has 6 N–H and O–H groups in total. The highest BCUT2D eigenvalue weighted by atomic mass is 16.5. The van der Waals surface area contributed by atoms with Gasteiger partial charge in [0.25, 0.3) is 5.91 Å². The maximum Gasteiger partial charge on any atom is 0.335 e. The standard InChI is InChI=1S/C8H9N3O4/c9-7(12)5-3-4(8(13)14)1-2-6(5)11(10)15/h1-3,15H,10H2,(H2,9,12)(H,13,14). The van der Waals surface area contributed by atoms with Gasteiger partial charge < -0.3 is 10.8 Å². The number of nitrogens with zero attached hydrogens (tertiary/aromatic N) is 1. The molecule has 0 aromatic heterocycles. The SMILES string of the molecule is NC(=O)c1cc(C(=O)O)ccc1N(N)O. The van der Waals surface area contributed by atoms with Crippen LogP contribution in [0.15, 0.2) is 18.2 Å². The lowest BCUT2D eigenvalue weighted by molar-refractivity contribution is 0.0697. The Hall–Kier alpha value is -2.12. The number of rotatable bonds is 3. The van der Waals surface area contributed by atoms with Crippen LogP contribution in [0.5, 0.6) is 0 Å². The van der Waals surface area contributed by atoms with E-state index < -0.39 is 11.9 Å². The molecule has 0 saturated carbocycles. The number of hydrogen-bond acceptors (Lipinski definition) is 5. The average molecular weight is 211 g/mol. The molecular formula is C8H9N3O4. The third-order valence-electron chi connectivity index (χ3n) is 1.76. The van der Waals surface area contributed by atoms with E-state index in [1.54, 1.807) is 0 Å². The summed E-state index contributed by atoms with van der Waals surface area (Å²) in [5.41, 5.74) is 4.65. The van der Waals surface area contributed by atoms with E-state index in [1.165, 1.54) is 12.1 Å². The Labute approximate surface area is 84.4 Å². The van der Waals surface area contributed by atoms with Crippen LogP contribution in [0, 0.1) is 0 Å². The molecule has 80 valence electrons. The number of carbonyl (C=O) groups is 2. The summed E-state index contributed by atoms with van der Waals surface area (Å²) in [6.45, 7) is 0. The third kappa shape index (κ3) is 2.22. The predicted octanol–water partition coefficient (Wildman–Crippen LogP) is -0.447. The molecule has 0 aliphatic heterocycles. The number of hydrogen-bond donors (Lipinski definition) is 4. The smallest absolute Gasteiger partial charge is 0.335 e. The highest BCUT2D eigenvalue weighted by Crippen LogP contribution is 2.18. The second kappa shape index (κ2) is 3.95. The van der Waals surface area contributed by atoms with E-state index in [0.29, 0.717) is 0 Å². The number of aromatic carboxylic acids is 1. The molecule has 0 atom stereocenters. The minimum Gasteiger partial charge on any atom is -0.478 e. The predicted molar refractivity (Wildman–Crippen MR) is 50.4 cm³/mol. The first-order chi connectivity index (χ1) is 6.93. The number of hydrazine groups is 1. The molecular weight excluding hydrogens is 202 g/mol. The Kier molecular flexibility index (Phi) is 2.88. The Morgan fingerprint density at radius 1 is 1.33 bits per heavy atom. The first-order valence-corrected chi connectivity index (χ1v) is 3.84. The van der Waals surface area contributed by atoms with Crippen LogP contribution in [0.2, 0.25) is 0 Å². The molecule has 0 radical (unpaired) electrons. The van der Waals surface area contributed by atoms with Gasteiger partial charge in [-0.3, -0.25) is 10.0 Å². The molecule has 0 spiro atoms. The van der Waals surface area contributed by atoms with E-state index in [9.17, 15) is 9.59 Å². The van der Waals surface area contributed by atoms with Crippen molar-refractivity contribution in [3.8, 4) is 0 Å². The molecule has 1 amide bonds. The van der Waals surface area contributed by atoms with E-state index in [0.717, 1.165) is 6.07 Å². The van der Waals surface area contributed by atoms with Crippen LogP contribution in [0.3, 0.4) is 0 Å². The molecule has 7 heteroatoms. The summed E-state index contributed by atoms with van der Waals surface area (Å²) in [5, 5.41) is 17.8. The number of primary amides is 1. The van der Waals surface area contributed by atoms with E-state index in [2.05, 4.69) is 0 Å². The normalized spacial score (nSPS) is 9.73. The highest BCUT2D eigenvalue weighted by Gasteiger charge is 2.14. The van der Waals surface area contributed by atoms with Crippen LogP contribution in [0.25, 0.3) is 0 Å². The number of carboxylic acid groups (broad SMARTS) is 1. The van der Waals surface area contributed by atoms with Crippen LogP contribution in [0.1, 0.15) is 20.7 Å². The molecule has 0 unspecified atom stereocenters. The summed E-state index contributed by atoms with van der Waals surface area (Å²) < 4.78 is 0. The fraction of sp³-hybridized carbons (Fsp3) is 0. The van der Waals surface area contributed by atoms with Crippen molar-refractivity contribution in [1.82, 2.24) is 0 Å². The van der Waals surface area contributed by atoms with Gasteiger partial charge in [0.1, 0.15) is 0 Å². The van der Waals surface area contributed by atoms with Crippen LogP contribution in [-0.4, -0.2) is 22.2 Å². The van der Waals surface area contributed by atoms with E-state index in [4.69, 9.17) is 21.9 Å². The Bertz CT molecular complexity index is 416. The van der Waals surface area contributed by atoms with E-state index in [-0.39, 0.29) is 22.0 Å². The summed E-state index contributed by atoms with van der Waals surface area (Å²) in [5.74, 6) is 2.93. The fourth-order valence-corrected chi connectivity index (χ4v) is 1.07. The summed E-state index contributed by atoms with van der Waals surface area (Å²) in [7, 11) is 0. The van der Waals surface area contributed by atoms with Crippen LogP contribution >= 0.6 is 0 Å². The van der Waals surface area contributed by atoms with Gasteiger partial charge >= 0.3 is 5.97 Å². The Morgan fingerprint density at radius 2 is 1.93 bits per heavy atom.